The van der Waals surface area contributed by atoms with Crippen molar-refractivity contribution >= 4 is 54.4 Å². The minimum absolute atomic E-state index is 0.458. The van der Waals surface area contributed by atoms with Crippen LogP contribution in [0, 0.1) is 38.5 Å². The normalized spacial score (nSPS) is 20.1. The maximum Gasteiger partial charge on any atom is 0.158 e. The summed E-state index contributed by atoms with van der Waals surface area (Å²) in [7, 11) is 0. The van der Waals surface area contributed by atoms with Crippen molar-refractivity contribution in [1.29, 1.82) is 0 Å². The molecule has 4 fully saturated rings. The Balaban J connectivity index is 0.000000141. The van der Waals surface area contributed by atoms with E-state index in [0.29, 0.717) is 22.7 Å². The number of aryl methyl sites for hydroxylation is 4. The first-order valence-corrected chi connectivity index (χ1v) is 26.0. The molecule has 2 N–H and O–H groups in total. The van der Waals surface area contributed by atoms with Crippen LogP contribution in [0.1, 0.15) is 191 Å². The van der Waals surface area contributed by atoms with Gasteiger partial charge in [0.1, 0.15) is 22.3 Å². The molecular weight excluding hydrogens is 813 g/mol. The first-order valence-electron chi connectivity index (χ1n) is 24.3. The summed E-state index contributed by atoms with van der Waals surface area (Å²) in [5.74, 6) is 2.46. The Hall–Kier alpha value is -4.28. The maximum atomic E-state index is 4.40. The number of aromatic nitrogens is 8. The van der Waals surface area contributed by atoms with Gasteiger partial charge in [-0.05, 0) is 165 Å². The van der Waals surface area contributed by atoms with Crippen LogP contribution in [0.15, 0.2) is 37.2 Å². The highest BCUT2D eigenvalue weighted by molar-refractivity contribution is 7.19. The lowest BCUT2D eigenvalue weighted by molar-refractivity contribution is 0.0535. The smallest absolute Gasteiger partial charge is 0.158 e. The molecule has 0 aromatic carbocycles. The highest BCUT2D eigenvalue weighted by Crippen LogP contribution is 2.61. The standard InChI is InChI=1S/C27H34N4S.C26H32N4S/c1-16(2)21-22-18(4)24(19-8-11-27(13-19)9-6-5-7-10-27)32-26(22)30-23(21)20-12-17(3)25-28-15-29-31(25)14-20;1-15(2)20-21-17(4)23(19-11-26(12-19)8-6-5-7-9-26)31-25(21)29-22(20)18-10-16(3)24-27-14-28-30(24)13-18/h12,14-16,19,30H,5-11,13H2,1-4H3;10,13-15,19,29H,5-9,11-12H2,1-4H3. The lowest BCUT2D eigenvalue weighted by Crippen LogP contribution is -2.37. The fraction of sp³-hybridized carbons (Fsp3) is 0.547. The summed E-state index contributed by atoms with van der Waals surface area (Å²) < 4.78 is 3.81. The van der Waals surface area contributed by atoms with Crippen molar-refractivity contribution in [3.05, 3.63) is 80.3 Å². The monoisotopic (exact) mass is 878 g/mol. The predicted molar refractivity (Wildman–Crippen MR) is 263 cm³/mol. The molecular formula is C53H66N8S2. The van der Waals surface area contributed by atoms with E-state index in [9.17, 15) is 0 Å². The zero-order valence-corrected chi connectivity index (χ0v) is 40.5. The number of H-pyrrole nitrogens is 2. The summed E-state index contributed by atoms with van der Waals surface area (Å²) >= 11 is 4.06. The summed E-state index contributed by atoms with van der Waals surface area (Å²) in [6.07, 6.45) is 29.2. The number of fused-ring (bicyclic) bond motifs is 4. The van der Waals surface area contributed by atoms with Gasteiger partial charge >= 0.3 is 0 Å². The quantitative estimate of drug-likeness (QED) is 0.174. The second-order valence-electron chi connectivity index (χ2n) is 21.3. The molecule has 330 valence electrons. The van der Waals surface area contributed by atoms with Gasteiger partial charge in [-0.3, -0.25) is 0 Å². The van der Waals surface area contributed by atoms with Crippen LogP contribution < -0.4 is 0 Å². The van der Waals surface area contributed by atoms with Crippen LogP contribution in [0.3, 0.4) is 0 Å². The average Bonchev–Trinajstić information content (AvgIpc) is 4.12. The van der Waals surface area contributed by atoms with Gasteiger partial charge < -0.3 is 9.97 Å². The van der Waals surface area contributed by atoms with E-state index in [4.69, 9.17) is 0 Å². The van der Waals surface area contributed by atoms with Crippen molar-refractivity contribution in [3.8, 4) is 22.5 Å². The van der Waals surface area contributed by atoms with Crippen LogP contribution in [0.5, 0.6) is 0 Å². The van der Waals surface area contributed by atoms with E-state index < -0.39 is 0 Å². The second kappa shape index (κ2) is 15.7. The molecule has 0 aliphatic heterocycles. The third kappa shape index (κ3) is 6.94. The molecule has 12 rings (SSSR count). The largest absolute Gasteiger partial charge is 0.346 e. The molecule has 4 aliphatic rings. The van der Waals surface area contributed by atoms with Crippen molar-refractivity contribution in [2.24, 2.45) is 10.8 Å². The van der Waals surface area contributed by atoms with E-state index >= 15 is 0 Å². The third-order valence-corrected chi connectivity index (χ3v) is 19.1. The zero-order chi connectivity index (χ0) is 43.4. The van der Waals surface area contributed by atoms with Gasteiger partial charge in [-0.1, -0.05) is 66.2 Å². The Morgan fingerprint density at radius 2 is 1.03 bits per heavy atom. The lowest BCUT2D eigenvalue weighted by Gasteiger charge is -2.50. The molecule has 8 aromatic rings. The van der Waals surface area contributed by atoms with Crippen LogP contribution in [0.2, 0.25) is 0 Å². The minimum Gasteiger partial charge on any atom is -0.346 e. The van der Waals surface area contributed by atoms with E-state index in [1.807, 2.05) is 31.7 Å². The summed E-state index contributed by atoms with van der Waals surface area (Å²) in [5.41, 5.74) is 16.4. The highest BCUT2D eigenvalue weighted by atomic mass is 32.1. The zero-order valence-electron chi connectivity index (χ0n) is 38.9. The number of hydrogen-bond donors (Lipinski definition) is 2. The average molecular weight is 879 g/mol. The van der Waals surface area contributed by atoms with Gasteiger partial charge in [0, 0.05) is 44.0 Å². The third-order valence-electron chi connectivity index (χ3n) is 16.4. The number of nitrogens with zero attached hydrogens (tertiary/aromatic N) is 6. The fourth-order valence-corrected chi connectivity index (χ4v) is 16.1. The lowest BCUT2D eigenvalue weighted by atomic mass is 9.55. The first kappa shape index (κ1) is 41.4. The van der Waals surface area contributed by atoms with Crippen molar-refractivity contribution in [2.75, 3.05) is 0 Å². The molecule has 1 unspecified atom stereocenters. The maximum absolute atomic E-state index is 4.40. The number of pyridine rings is 2. The Morgan fingerprint density at radius 3 is 1.51 bits per heavy atom. The van der Waals surface area contributed by atoms with Gasteiger partial charge in [0.05, 0.1) is 11.4 Å². The number of nitrogens with one attached hydrogen (secondary N) is 2. The van der Waals surface area contributed by atoms with Gasteiger partial charge in [-0.25, -0.2) is 19.0 Å². The molecule has 0 bridgehead atoms. The van der Waals surface area contributed by atoms with Gasteiger partial charge in [-0.15, -0.1) is 22.7 Å². The Bertz CT molecular complexity index is 2980. The molecule has 10 heteroatoms. The summed E-state index contributed by atoms with van der Waals surface area (Å²) in [6, 6.07) is 4.51. The minimum atomic E-state index is 0.458. The van der Waals surface area contributed by atoms with Crippen LogP contribution in [-0.2, 0) is 0 Å². The summed E-state index contributed by atoms with van der Waals surface area (Å²) in [5, 5.41) is 11.8. The van der Waals surface area contributed by atoms with Gasteiger partial charge in [0.15, 0.2) is 11.3 Å². The van der Waals surface area contributed by atoms with Crippen LogP contribution in [0.25, 0.3) is 54.2 Å². The van der Waals surface area contributed by atoms with Crippen LogP contribution in [-0.4, -0.2) is 39.2 Å². The van der Waals surface area contributed by atoms with E-state index in [0.717, 1.165) is 34.3 Å². The summed E-state index contributed by atoms with van der Waals surface area (Å²) in [4.78, 5) is 22.5. The van der Waals surface area contributed by atoms with Gasteiger partial charge in [0.2, 0.25) is 0 Å². The highest BCUT2D eigenvalue weighted by Gasteiger charge is 2.46. The number of rotatable bonds is 6. The van der Waals surface area contributed by atoms with E-state index in [-0.39, 0.29) is 0 Å². The Kier molecular flexibility index (Phi) is 10.3. The molecule has 63 heavy (non-hydrogen) atoms. The molecule has 8 heterocycles. The predicted octanol–water partition coefficient (Wildman–Crippen LogP) is 15.4. The fourth-order valence-electron chi connectivity index (χ4n) is 13.4. The molecule has 8 nitrogen and oxygen atoms in total. The molecule has 0 saturated heterocycles. The molecule has 1 atom stereocenters. The van der Waals surface area contributed by atoms with Crippen LogP contribution in [0.4, 0.5) is 0 Å². The van der Waals surface area contributed by atoms with Gasteiger partial charge in [-0.2, -0.15) is 10.2 Å². The summed E-state index contributed by atoms with van der Waals surface area (Å²) in [6.45, 7) is 18.3. The number of thiophene rings is 2. The molecule has 4 saturated carbocycles. The molecule has 8 aromatic heterocycles. The first-order chi connectivity index (χ1) is 30.4. The topological polar surface area (TPSA) is 92.0 Å². The van der Waals surface area contributed by atoms with E-state index in [1.165, 1.54) is 162 Å². The molecule has 0 amide bonds. The Labute approximate surface area is 380 Å². The van der Waals surface area contributed by atoms with E-state index in [1.54, 1.807) is 22.4 Å². The Morgan fingerprint density at radius 1 is 0.587 bits per heavy atom. The molecule has 0 radical (unpaired) electrons. The molecule has 4 aliphatic carbocycles. The van der Waals surface area contributed by atoms with Crippen molar-refractivity contribution in [3.63, 3.8) is 0 Å². The van der Waals surface area contributed by atoms with Crippen molar-refractivity contribution in [2.45, 2.75) is 175 Å². The van der Waals surface area contributed by atoms with Gasteiger partial charge in [0.25, 0.3) is 0 Å². The SMILES string of the molecule is Cc1c(C2CC3(CCCCC3)C2)sc2[nH]c(-c3cc(C)c4ncnn4c3)c(C(C)C)c12.Cc1c(C2CCC3(CCCCC3)C2)sc2[nH]c(-c3cc(C)c4ncnn4c3)c(C(C)C)c12. The van der Waals surface area contributed by atoms with Crippen LogP contribution >= 0.6 is 22.7 Å². The molecule has 2 spiro atoms. The van der Waals surface area contributed by atoms with E-state index in [2.05, 4.69) is 110 Å². The number of hydrogen-bond acceptors (Lipinski definition) is 6. The van der Waals surface area contributed by atoms with Crippen molar-refractivity contribution < 1.29 is 0 Å². The van der Waals surface area contributed by atoms with Crippen molar-refractivity contribution in [1.82, 2.24) is 39.2 Å². The number of aromatic amines is 2. The second-order valence-corrected chi connectivity index (χ2v) is 23.4.